The van der Waals surface area contributed by atoms with Crippen LogP contribution >= 0.6 is 0 Å². The molecule has 0 spiro atoms. The quantitative estimate of drug-likeness (QED) is 0.219. The van der Waals surface area contributed by atoms with Gasteiger partial charge >= 0.3 is 6.09 Å². The number of rotatable bonds is 10. The lowest BCUT2D eigenvalue weighted by molar-refractivity contribution is -0.119. The average Bonchev–Trinajstić information content (AvgIpc) is 3.76. The number of anilines is 1. The number of benzene rings is 2. The number of aryl methyl sites for hydroxylation is 1. The Hall–Kier alpha value is -4.48. The predicted octanol–water partition coefficient (Wildman–Crippen LogP) is 5.58. The number of Topliss-reactive ketones (excluding diaryl/α,β-unsaturated/α-hetero) is 1. The lowest BCUT2D eigenvalue weighted by atomic mass is 9.84. The van der Waals surface area contributed by atoms with Crippen molar-refractivity contribution in [1.29, 1.82) is 0 Å². The molecule has 1 fully saturated rings. The molecule has 0 unspecified atom stereocenters. The zero-order chi connectivity index (χ0) is 34.0. The van der Waals surface area contributed by atoms with Crippen LogP contribution in [0.25, 0.3) is 16.9 Å². The molecule has 4 heterocycles. The van der Waals surface area contributed by atoms with Crippen LogP contribution in [0.15, 0.2) is 60.9 Å². The van der Waals surface area contributed by atoms with E-state index in [1.165, 1.54) is 0 Å². The van der Waals surface area contributed by atoms with Crippen LogP contribution in [0, 0.1) is 12.8 Å². The van der Waals surface area contributed by atoms with Crippen molar-refractivity contribution in [3.05, 3.63) is 77.7 Å². The first-order valence-electron chi connectivity index (χ1n) is 16.6. The predicted molar refractivity (Wildman–Crippen MR) is 184 cm³/mol. The van der Waals surface area contributed by atoms with Gasteiger partial charge in [0.1, 0.15) is 23.7 Å². The number of amides is 1. The van der Waals surface area contributed by atoms with Crippen LogP contribution in [0.1, 0.15) is 49.9 Å². The second-order valence-electron chi connectivity index (χ2n) is 13.8. The van der Waals surface area contributed by atoms with Crippen molar-refractivity contribution in [3.63, 3.8) is 0 Å². The Morgan fingerprint density at radius 3 is 2.58 bits per heavy atom. The van der Waals surface area contributed by atoms with Gasteiger partial charge in [-0.05, 0) is 69.0 Å². The molecular weight excluding hydrogens is 608 g/mol. The van der Waals surface area contributed by atoms with E-state index >= 15 is 0 Å². The second-order valence-corrected chi connectivity index (χ2v) is 13.8. The van der Waals surface area contributed by atoms with Gasteiger partial charge in [-0.2, -0.15) is 10.2 Å². The Morgan fingerprint density at radius 2 is 1.88 bits per heavy atom. The topological polar surface area (TPSA) is 104 Å². The van der Waals surface area contributed by atoms with E-state index in [4.69, 9.17) is 19.3 Å². The van der Waals surface area contributed by atoms with Gasteiger partial charge in [-0.3, -0.25) is 14.4 Å². The monoisotopic (exact) mass is 654 g/mol. The number of ketones is 1. The molecule has 0 N–H and O–H groups in total. The van der Waals surface area contributed by atoms with Gasteiger partial charge in [0.15, 0.2) is 0 Å². The van der Waals surface area contributed by atoms with E-state index < -0.39 is 5.60 Å². The maximum atomic E-state index is 14.1. The first kappa shape index (κ1) is 33.4. The van der Waals surface area contributed by atoms with E-state index in [1.54, 1.807) is 16.7 Å². The van der Waals surface area contributed by atoms with E-state index in [1.807, 2.05) is 88.2 Å². The van der Waals surface area contributed by atoms with E-state index in [-0.39, 0.29) is 30.1 Å². The number of carbonyl (C=O) groups is 2. The van der Waals surface area contributed by atoms with Crippen molar-refractivity contribution in [1.82, 2.24) is 24.5 Å². The zero-order valence-electron chi connectivity index (χ0n) is 28.8. The molecule has 2 atom stereocenters. The molecule has 4 aromatic rings. The number of hydrogen-bond acceptors (Lipinski definition) is 8. The minimum absolute atomic E-state index is 0.0816. The highest BCUT2D eigenvalue weighted by molar-refractivity contribution is 5.90. The van der Waals surface area contributed by atoms with Crippen LogP contribution in [0.3, 0.4) is 0 Å². The molecule has 0 saturated carbocycles. The summed E-state index contributed by atoms with van der Waals surface area (Å²) in [5.74, 6) is 0.989. The molecule has 1 saturated heterocycles. The zero-order valence-corrected chi connectivity index (χ0v) is 28.8. The lowest BCUT2D eigenvalue weighted by Gasteiger charge is -2.32. The van der Waals surface area contributed by atoms with Gasteiger partial charge in [0.05, 0.1) is 42.1 Å². The van der Waals surface area contributed by atoms with Crippen LogP contribution in [0.5, 0.6) is 5.75 Å². The van der Waals surface area contributed by atoms with Crippen molar-refractivity contribution in [2.24, 2.45) is 13.0 Å². The van der Waals surface area contributed by atoms with Crippen LogP contribution in [-0.4, -0.2) is 88.4 Å². The third-order valence-corrected chi connectivity index (χ3v) is 9.09. The first-order chi connectivity index (χ1) is 23.0. The van der Waals surface area contributed by atoms with Crippen molar-refractivity contribution in [3.8, 4) is 22.7 Å². The fourth-order valence-corrected chi connectivity index (χ4v) is 6.81. The summed E-state index contributed by atoms with van der Waals surface area (Å²) < 4.78 is 20.7. The number of ether oxygens (including phenoxy) is 3. The Balaban J connectivity index is 1.27. The van der Waals surface area contributed by atoms with Crippen LogP contribution in [0.4, 0.5) is 10.5 Å². The SMILES string of the molecule is COCCN1C[C@@H](CC(=O)Cc2c(C)c(-c3cnn(C)c3)nn2-c2ccccc2)[C@H](c2ccc3c(c2)N(C(=O)OC(C)(C)C)CCO3)C1. The minimum atomic E-state index is -0.612. The first-order valence-corrected chi connectivity index (χ1v) is 16.6. The molecule has 254 valence electrons. The number of carbonyl (C=O) groups excluding carboxylic acids is 2. The fourth-order valence-electron chi connectivity index (χ4n) is 6.81. The number of methoxy groups -OCH3 is 1. The van der Waals surface area contributed by atoms with Gasteiger partial charge in [0, 0.05) is 64.3 Å². The number of aromatic nitrogens is 4. The van der Waals surface area contributed by atoms with Crippen LogP contribution in [-0.2, 0) is 27.7 Å². The molecular formula is C37H46N6O5. The highest BCUT2D eigenvalue weighted by Crippen LogP contribution is 2.41. The summed E-state index contributed by atoms with van der Waals surface area (Å²) in [5, 5.41) is 9.32. The lowest BCUT2D eigenvalue weighted by Crippen LogP contribution is -2.41. The molecule has 11 nitrogen and oxygen atoms in total. The molecule has 2 aliphatic heterocycles. The van der Waals surface area contributed by atoms with Crippen LogP contribution < -0.4 is 9.64 Å². The molecule has 11 heteroatoms. The van der Waals surface area contributed by atoms with Crippen LogP contribution in [0.2, 0.25) is 0 Å². The molecule has 2 aromatic carbocycles. The molecule has 48 heavy (non-hydrogen) atoms. The Bertz CT molecular complexity index is 1760. The smallest absolute Gasteiger partial charge is 0.415 e. The van der Waals surface area contributed by atoms with Gasteiger partial charge in [0.2, 0.25) is 0 Å². The molecule has 2 aliphatic rings. The summed E-state index contributed by atoms with van der Waals surface area (Å²) in [6.07, 6.45) is 4.04. The second kappa shape index (κ2) is 13.9. The molecule has 2 aromatic heterocycles. The maximum absolute atomic E-state index is 14.1. The largest absolute Gasteiger partial charge is 0.490 e. The summed E-state index contributed by atoms with van der Waals surface area (Å²) in [6, 6.07) is 16.0. The van der Waals surface area contributed by atoms with Crippen molar-refractivity contribution in [2.45, 2.75) is 52.1 Å². The summed E-state index contributed by atoms with van der Waals surface area (Å²) in [5.41, 5.74) is 5.68. The third-order valence-electron chi connectivity index (χ3n) is 9.09. The normalized spacial score (nSPS) is 18.1. The van der Waals surface area contributed by atoms with Gasteiger partial charge in [-0.25, -0.2) is 9.48 Å². The number of hydrogen-bond donors (Lipinski definition) is 0. The summed E-state index contributed by atoms with van der Waals surface area (Å²) in [4.78, 5) is 31.3. The maximum Gasteiger partial charge on any atom is 0.415 e. The summed E-state index contributed by atoms with van der Waals surface area (Å²) in [7, 11) is 3.59. The van der Waals surface area contributed by atoms with Gasteiger partial charge in [-0.1, -0.05) is 24.3 Å². The fraction of sp³-hybridized carbons (Fsp3) is 0.459. The summed E-state index contributed by atoms with van der Waals surface area (Å²) >= 11 is 0. The molecule has 0 bridgehead atoms. The molecule has 0 aliphatic carbocycles. The summed E-state index contributed by atoms with van der Waals surface area (Å²) in [6.45, 7) is 11.4. The van der Waals surface area contributed by atoms with Gasteiger partial charge in [0.25, 0.3) is 0 Å². The van der Waals surface area contributed by atoms with Gasteiger partial charge in [-0.15, -0.1) is 0 Å². The van der Waals surface area contributed by atoms with Gasteiger partial charge < -0.3 is 19.1 Å². The third kappa shape index (κ3) is 7.32. The highest BCUT2D eigenvalue weighted by Gasteiger charge is 2.37. The molecule has 1 amide bonds. The van der Waals surface area contributed by atoms with Crippen molar-refractivity contribution >= 4 is 17.6 Å². The van der Waals surface area contributed by atoms with E-state index in [0.717, 1.165) is 53.4 Å². The molecule has 0 radical (unpaired) electrons. The Morgan fingerprint density at radius 1 is 1.08 bits per heavy atom. The minimum Gasteiger partial charge on any atom is -0.490 e. The standard InChI is InChI=1S/C37H46N6O5/c1-25-32(43(29-10-8-7-9-11-29)39-35(25)28-21-38-40(5)22-28)20-30(44)18-27-23-41(14-16-46-6)24-31(27)26-12-13-34-33(19-26)42(15-17-47-34)36(45)48-37(2,3)4/h7-13,19,21-22,27,31H,14-18,20,23-24H2,1-6H3/t27-,31+/m1/s1. The van der Waals surface area contributed by atoms with Crippen molar-refractivity contribution < 1.29 is 23.8 Å². The van der Waals surface area contributed by atoms with E-state index in [9.17, 15) is 9.59 Å². The van der Waals surface area contributed by atoms with Crippen molar-refractivity contribution in [2.75, 3.05) is 51.4 Å². The highest BCUT2D eigenvalue weighted by atomic mass is 16.6. The van der Waals surface area contributed by atoms with E-state index in [0.29, 0.717) is 37.6 Å². The number of para-hydroxylation sites is 1. The average molecular weight is 655 g/mol. The Labute approximate surface area is 282 Å². The Kier molecular flexibility index (Phi) is 9.70. The number of likely N-dealkylation sites (tertiary alicyclic amines) is 1. The number of fused-ring (bicyclic) bond motifs is 1. The number of nitrogens with zero attached hydrogens (tertiary/aromatic N) is 6. The van der Waals surface area contributed by atoms with E-state index in [2.05, 4.69) is 22.1 Å². The molecule has 6 rings (SSSR count).